The smallest absolute Gasteiger partial charge is 0.254 e. The molecular weight excluding hydrogens is 394 g/mol. The SMILES string of the molecule is CSc1ccc2nc(N3CCN(C(=O)c4ccc5c(c4)OCO5)CC3)sc2c1. The summed E-state index contributed by atoms with van der Waals surface area (Å²) in [5, 5.41) is 1.03. The van der Waals surface area contributed by atoms with Crippen LogP contribution in [0.1, 0.15) is 10.4 Å². The maximum absolute atomic E-state index is 12.8. The van der Waals surface area contributed by atoms with Crippen molar-refractivity contribution in [2.75, 3.05) is 44.1 Å². The van der Waals surface area contributed by atoms with Crippen LogP contribution in [0.5, 0.6) is 11.5 Å². The Labute approximate surface area is 171 Å². The Morgan fingerprint density at radius 2 is 1.89 bits per heavy atom. The number of piperazine rings is 1. The number of benzene rings is 2. The number of amides is 1. The van der Waals surface area contributed by atoms with E-state index in [0.29, 0.717) is 30.2 Å². The summed E-state index contributed by atoms with van der Waals surface area (Å²) in [6.45, 7) is 3.14. The molecule has 2 aliphatic rings. The number of carbonyl (C=O) groups excluding carboxylic acids is 1. The number of anilines is 1. The number of aromatic nitrogens is 1. The van der Waals surface area contributed by atoms with Crippen molar-refractivity contribution in [3.05, 3.63) is 42.0 Å². The van der Waals surface area contributed by atoms with E-state index in [2.05, 4.69) is 29.4 Å². The minimum absolute atomic E-state index is 0.0341. The van der Waals surface area contributed by atoms with Gasteiger partial charge in [0.1, 0.15) is 0 Å². The van der Waals surface area contributed by atoms with Gasteiger partial charge in [-0.05, 0) is 42.7 Å². The molecule has 8 heteroatoms. The van der Waals surface area contributed by atoms with E-state index in [-0.39, 0.29) is 12.7 Å². The third kappa shape index (κ3) is 3.16. The van der Waals surface area contributed by atoms with Crippen LogP contribution in [0, 0.1) is 0 Å². The second-order valence-corrected chi connectivity index (χ2v) is 8.57. The highest BCUT2D eigenvalue weighted by Gasteiger charge is 2.25. The Kier molecular flexibility index (Phi) is 4.52. The highest BCUT2D eigenvalue weighted by molar-refractivity contribution is 7.98. The molecule has 3 aromatic rings. The van der Waals surface area contributed by atoms with E-state index >= 15 is 0 Å². The van der Waals surface area contributed by atoms with Crippen LogP contribution in [-0.4, -0.2) is 55.0 Å². The summed E-state index contributed by atoms with van der Waals surface area (Å²) in [5.41, 5.74) is 1.68. The molecule has 0 aliphatic carbocycles. The lowest BCUT2D eigenvalue weighted by atomic mass is 10.1. The van der Waals surface area contributed by atoms with Crippen molar-refractivity contribution in [2.45, 2.75) is 4.90 Å². The van der Waals surface area contributed by atoms with Crippen molar-refractivity contribution >= 4 is 44.4 Å². The maximum Gasteiger partial charge on any atom is 0.254 e. The maximum atomic E-state index is 12.8. The molecular formula is C20H19N3O3S2. The van der Waals surface area contributed by atoms with Crippen molar-refractivity contribution in [3.8, 4) is 11.5 Å². The number of hydrogen-bond acceptors (Lipinski definition) is 7. The molecule has 1 saturated heterocycles. The predicted octanol–water partition coefficient (Wildman–Crippen LogP) is 3.71. The van der Waals surface area contributed by atoms with Crippen LogP contribution in [0.4, 0.5) is 5.13 Å². The molecule has 2 aromatic carbocycles. The van der Waals surface area contributed by atoms with Crippen LogP contribution in [0.3, 0.4) is 0 Å². The largest absolute Gasteiger partial charge is 0.454 e. The number of carbonyl (C=O) groups is 1. The number of hydrogen-bond donors (Lipinski definition) is 0. The van der Waals surface area contributed by atoms with Crippen molar-refractivity contribution in [1.29, 1.82) is 0 Å². The van der Waals surface area contributed by atoms with Crippen LogP contribution in [0.15, 0.2) is 41.3 Å². The van der Waals surface area contributed by atoms with Crippen LogP contribution in [-0.2, 0) is 0 Å². The van der Waals surface area contributed by atoms with Gasteiger partial charge in [-0.1, -0.05) is 11.3 Å². The van der Waals surface area contributed by atoms with Crippen molar-refractivity contribution in [1.82, 2.24) is 9.88 Å². The number of nitrogens with zero attached hydrogens (tertiary/aromatic N) is 3. The average Bonchev–Trinajstić information content (AvgIpc) is 3.38. The molecule has 2 aliphatic heterocycles. The zero-order valence-electron chi connectivity index (χ0n) is 15.4. The molecule has 1 amide bonds. The van der Waals surface area contributed by atoms with Gasteiger partial charge >= 0.3 is 0 Å². The third-order valence-corrected chi connectivity index (χ3v) is 6.85. The third-order valence-electron chi connectivity index (χ3n) is 5.04. The standard InChI is InChI=1S/C20H19N3O3S2/c1-27-14-3-4-15-18(11-14)28-20(21-15)23-8-6-22(7-9-23)19(24)13-2-5-16-17(10-13)26-12-25-16/h2-5,10-11H,6-9,12H2,1H3. The van der Waals surface area contributed by atoms with E-state index in [0.717, 1.165) is 23.7 Å². The number of thioether (sulfide) groups is 1. The molecule has 5 rings (SSSR count). The lowest BCUT2D eigenvalue weighted by Crippen LogP contribution is -2.48. The van der Waals surface area contributed by atoms with E-state index in [1.165, 1.54) is 9.60 Å². The van der Waals surface area contributed by atoms with Gasteiger partial charge in [-0.3, -0.25) is 4.79 Å². The van der Waals surface area contributed by atoms with Gasteiger partial charge in [0.15, 0.2) is 16.6 Å². The van der Waals surface area contributed by atoms with Gasteiger partial charge in [0.05, 0.1) is 10.2 Å². The van der Waals surface area contributed by atoms with Gasteiger partial charge in [0.25, 0.3) is 5.91 Å². The second-order valence-electron chi connectivity index (χ2n) is 6.68. The minimum atomic E-state index is 0.0341. The Morgan fingerprint density at radius 3 is 2.71 bits per heavy atom. The van der Waals surface area contributed by atoms with Crippen molar-refractivity contribution < 1.29 is 14.3 Å². The number of fused-ring (bicyclic) bond motifs is 2. The summed E-state index contributed by atoms with van der Waals surface area (Å²) in [6, 6.07) is 11.8. The topological polar surface area (TPSA) is 54.9 Å². The number of thiazole rings is 1. The quantitative estimate of drug-likeness (QED) is 0.610. The molecule has 0 unspecified atom stereocenters. The monoisotopic (exact) mass is 413 g/mol. The fourth-order valence-electron chi connectivity index (χ4n) is 3.47. The van der Waals surface area contributed by atoms with E-state index in [4.69, 9.17) is 14.5 Å². The van der Waals surface area contributed by atoms with E-state index in [9.17, 15) is 4.79 Å². The highest BCUT2D eigenvalue weighted by atomic mass is 32.2. The zero-order chi connectivity index (χ0) is 19.1. The summed E-state index contributed by atoms with van der Waals surface area (Å²) in [4.78, 5) is 23.0. The van der Waals surface area contributed by atoms with Gasteiger partial charge in [-0.25, -0.2) is 4.98 Å². The van der Waals surface area contributed by atoms with Crippen LogP contribution < -0.4 is 14.4 Å². The molecule has 144 valence electrons. The fourth-order valence-corrected chi connectivity index (χ4v) is 5.04. The van der Waals surface area contributed by atoms with Gasteiger partial charge in [0, 0.05) is 36.6 Å². The van der Waals surface area contributed by atoms with Crippen molar-refractivity contribution in [2.24, 2.45) is 0 Å². The summed E-state index contributed by atoms with van der Waals surface area (Å²) in [7, 11) is 0. The Bertz CT molecular complexity index is 1040. The van der Waals surface area contributed by atoms with Gasteiger partial charge in [-0.2, -0.15) is 0 Å². The Balaban J connectivity index is 1.27. The molecule has 0 spiro atoms. The van der Waals surface area contributed by atoms with Gasteiger partial charge < -0.3 is 19.3 Å². The number of rotatable bonds is 3. The van der Waals surface area contributed by atoms with Gasteiger partial charge in [-0.15, -0.1) is 11.8 Å². The molecule has 1 aromatic heterocycles. The predicted molar refractivity (Wildman–Crippen MR) is 112 cm³/mol. The second kappa shape index (κ2) is 7.18. The first-order valence-electron chi connectivity index (χ1n) is 9.10. The molecule has 6 nitrogen and oxygen atoms in total. The lowest BCUT2D eigenvalue weighted by Gasteiger charge is -2.34. The molecule has 0 bridgehead atoms. The lowest BCUT2D eigenvalue weighted by molar-refractivity contribution is 0.0746. The normalized spacial score (nSPS) is 16.0. The van der Waals surface area contributed by atoms with E-state index in [1.807, 2.05) is 4.90 Å². The van der Waals surface area contributed by atoms with Crippen LogP contribution >= 0.6 is 23.1 Å². The molecule has 28 heavy (non-hydrogen) atoms. The highest BCUT2D eigenvalue weighted by Crippen LogP contribution is 2.34. The number of ether oxygens (including phenoxy) is 2. The average molecular weight is 414 g/mol. The minimum Gasteiger partial charge on any atom is -0.454 e. The molecule has 3 heterocycles. The molecule has 1 fully saturated rings. The zero-order valence-corrected chi connectivity index (χ0v) is 17.0. The fraction of sp³-hybridized carbons (Fsp3) is 0.300. The first-order chi connectivity index (χ1) is 13.7. The summed E-state index contributed by atoms with van der Waals surface area (Å²) < 4.78 is 11.9. The Hall–Kier alpha value is -2.45. The van der Waals surface area contributed by atoms with Crippen molar-refractivity contribution in [3.63, 3.8) is 0 Å². The molecule has 0 saturated carbocycles. The molecule has 0 N–H and O–H groups in total. The van der Waals surface area contributed by atoms with Crippen LogP contribution in [0.25, 0.3) is 10.2 Å². The van der Waals surface area contributed by atoms with Crippen LogP contribution in [0.2, 0.25) is 0 Å². The molecule has 0 radical (unpaired) electrons. The first kappa shape index (κ1) is 17.6. The van der Waals surface area contributed by atoms with E-state index < -0.39 is 0 Å². The first-order valence-corrected chi connectivity index (χ1v) is 11.1. The van der Waals surface area contributed by atoms with Gasteiger partial charge in [0.2, 0.25) is 6.79 Å². The summed E-state index contributed by atoms with van der Waals surface area (Å²) in [5.74, 6) is 1.37. The summed E-state index contributed by atoms with van der Waals surface area (Å²) >= 11 is 3.46. The summed E-state index contributed by atoms with van der Waals surface area (Å²) in [6.07, 6.45) is 2.08. The molecule has 0 atom stereocenters. The van der Waals surface area contributed by atoms with E-state index in [1.54, 1.807) is 41.3 Å². The Morgan fingerprint density at radius 1 is 1.07 bits per heavy atom.